The van der Waals surface area contributed by atoms with Gasteiger partial charge in [0.15, 0.2) is 0 Å². The predicted octanol–water partition coefficient (Wildman–Crippen LogP) is 2.95. The molecule has 0 radical (unpaired) electrons. The average molecular weight is 251 g/mol. The van der Waals surface area contributed by atoms with Gasteiger partial charge in [0, 0.05) is 25.0 Å². The molecule has 4 nitrogen and oxygen atoms in total. The number of aromatic nitrogens is 3. The van der Waals surface area contributed by atoms with Gasteiger partial charge in [0.2, 0.25) is 0 Å². The number of hydrogen-bond donors (Lipinski definition) is 1. The highest BCUT2D eigenvalue weighted by molar-refractivity contribution is 6.30. The van der Waals surface area contributed by atoms with Gasteiger partial charge in [-0.3, -0.25) is 4.68 Å². The van der Waals surface area contributed by atoms with Gasteiger partial charge >= 0.3 is 0 Å². The van der Waals surface area contributed by atoms with Crippen LogP contribution in [0.3, 0.4) is 0 Å². The van der Waals surface area contributed by atoms with Crippen LogP contribution in [0.25, 0.3) is 0 Å². The van der Waals surface area contributed by atoms with E-state index < -0.39 is 0 Å². The molecule has 0 aromatic carbocycles. The second-order valence-corrected chi connectivity index (χ2v) is 4.51. The van der Waals surface area contributed by atoms with Crippen LogP contribution in [-0.2, 0) is 7.05 Å². The molecule has 0 spiro atoms. The molecule has 0 bridgehead atoms. The van der Waals surface area contributed by atoms with Gasteiger partial charge in [-0.1, -0.05) is 11.6 Å². The third-order valence-corrected chi connectivity index (χ3v) is 2.83. The molecule has 2 aromatic heterocycles. The van der Waals surface area contributed by atoms with Crippen molar-refractivity contribution in [3.8, 4) is 0 Å². The summed E-state index contributed by atoms with van der Waals surface area (Å²) in [4.78, 5) is 4.21. The molecule has 0 amide bonds. The van der Waals surface area contributed by atoms with Gasteiger partial charge in [0.25, 0.3) is 0 Å². The first-order valence-corrected chi connectivity index (χ1v) is 5.82. The Balaban J connectivity index is 2.14. The summed E-state index contributed by atoms with van der Waals surface area (Å²) in [5, 5.41) is 8.28. The van der Waals surface area contributed by atoms with Crippen LogP contribution in [0.15, 0.2) is 24.5 Å². The first-order chi connectivity index (χ1) is 8.06. The lowest BCUT2D eigenvalue weighted by atomic mass is 10.1. The van der Waals surface area contributed by atoms with Crippen LogP contribution >= 0.6 is 11.6 Å². The highest BCUT2D eigenvalue weighted by Gasteiger charge is 2.11. The Labute approximate surface area is 106 Å². The zero-order valence-corrected chi connectivity index (χ0v) is 10.9. The third-order valence-electron chi connectivity index (χ3n) is 2.61. The zero-order chi connectivity index (χ0) is 12.4. The Morgan fingerprint density at radius 1 is 1.41 bits per heavy atom. The molecule has 0 fully saturated rings. The van der Waals surface area contributed by atoms with Gasteiger partial charge in [0.05, 0.1) is 16.8 Å². The van der Waals surface area contributed by atoms with E-state index in [1.165, 1.54) is 5.56 Å². The van der Waals surface area contributed by atoms with Crippen molar-refractivity contribution in [3.63, 3.8) is 0 Å². The minimum Gasteiger partial charge on any atom is -0.363 e. The molecule has 0 aliphatic heterocycles. The van der Waals surface area contributed by atoms with Gasteiger partial charge in [-0.05, 0) is 26.0 Å². The molecule has 0 aliphatic rings. The Bertz CT molecular complexity index is 504. The first kappa shape index (κ1) is 11.9. The number of aryl methyl sites for hydroxylation is 2. The second-order valence-electron chi connectivity index (χ2n) is 4.07. The van der Waals surface area contributed by atoms with Crippen LogP contribution in [-0.4, -0.2) is 14.8 Å². The summed E-state index contributed by atoms with van der Waals surface area (Å²) in [6, 6.07) is 3.85. The monoisotopic (exact) mass is 250 g/mol. The number of anilines is 1. The fourth-order valence-corrected chi connectivity index (χ4v) is 1.92. The minimum absolute atomic E-state index is 0.164. The largest absolute Gasteiger partial charge is 0.363 e. The van der Waals surface area contributed by atoms with E-state index in [1.807, 2.05) is 37.0 Å². The molecule has 1 unspecified atom stereocenters. The maximum Gasteiger partial charge on any atom is 0.126 e. The molecule has 0 saturated carbocycles. The van der Waals surface area contributed by atoms with E-state index in [0.717, 1.165) is 11.5 Å². The lowest BCUT2D eigenvalue weighted by Crippen LogP contribution is -2.08. The maximum atomic E-state index is 5.79. The topological polar surface area (TPSA) is 42.7 Å². The zero-order valence-electron chi connectivity index (χ0n) is 10.1. The Morgan fingerprint density at radius 2 is 2.18 bits per heavy atom. The summed E-state index contributed by atoms with van der Waals surface area (Å²) >= 11 is 5.79. The van der Waals surface area contributed by atoms with E-state index in [0.29, 0.717) is 5.02 Å². The van der Waals surface area contributed by atoms with Crippen LogP contribution in [0, 0.1) is 6.92 Å². The summed E-state index contributed by atoms with van der Waals surface area (Å²) in [7, 11) is 1.92. The van der Waals surface area contributed by atoms with Gasteiger partial charge in [-0.2, -0.15) is 5.10 Å². The summed E-state index contributed by atoms with van der Waals surface area (Å²) in [5.74, 6) is 0.810. The maximum absolute atomic E-state index is 5.79. The van der Waals surface area contributed by atoms with E-state index in [1.54, 1.807) is 6.20 Å². The molecule has 2 heterocycles. The summed E-state index contributed by atoms with van der Waals surface area (Å²) in [5.41, 5.74) is 2.20. The van der Waals surface area contributed by atoms with Crippen LogP contribution in [0.5, 0.6) is 0 Å². The van der Waals surface area contributed by atoms with Gasteiger partial charge < -0.3 is 5.32 Å². The molecule has 1 atom stereocenters. The molecular formula is C12H15ClN4. The van der Waals surface area contributed by atoms with Crippen molar-refractivity contribution in [2.24, 2.45) is 7.05 Å². The van der Waals surface area contributed by atoms with E-state index in [2.05, 4.69) is 22.3 Å². The molecule has 2 aromatic rings. The SMILES string of the molecule is Cc1nn(C)cc1C(C)Nc1ccc(Cl)cn1. The van der Waals surface area contributed by atoms with Crippen LogP contribution in [0.1, 0.15) is 24.2 Å². The van der Waals surface area contributed by atoms with Crippen molar-refractivity contribution in [2.75, 3.05) is 5.32 Å². The normalized spacial score (nSPS) is 12.5. The lowest BCUT2D eigenvalue weighted by molar-refractivity contribution is 0.756. The molecule has 5 heteroatoms. The molecule has 0 aliphatic carbocycles. The number of nitrogens with zero attached hydrogens (tertiary/aromatic N) is 3. The highest BCUT2D eigenvalue weighted by atomic mass is 35.5. The Hall–Kier alpha value is -1.55. The van der Waals surface area contributed by atoms with Crippen LogP contribution < -0.4 is 5.32 Å². The number of pyridine rings is 1. The lowest BCUT2D eigenvalue weighted by Gasteiger charge is -2.13. The molecule has 1 N–H and O–H groups in total. The minimum atomic E-state index is 0.164. The second kappa shape index (κ2) is 4.75. The fourth-order valence-electron chi connectivity index (χ4n) is 1.80. The third kappa shape index (κ3) is 2.77. The standard InChI is InChI=1S/C12H15ClN4/c1-8(11-7-17(3)16-9(11)2)15-12-5-4-10(13)6-14-12/h4-8H,1-3H3,(H,14,15). The summed E-state index contributed by atoms with van der Waals surface area (Å²) in [6.45, 7) is 4.09. The number of nitrogens with one attached hydrogen (secondary N) is 1. The van der Waals surface area contributed by atoms with Gasteiger partial charge in [-0.25, -0.2) is 4.98 Å². The molecule has 0 saturated heterocycles. The molecular weight excluding hydrogens is 236 g/mol. The van der Waals surface area contributed by atoms with Crippen molar-refractivity contribution in [2.45, 2.75) is 19.9 Å². The predicted molar refractivity (Wildman–Crippen MR) is 69.2 cm³/mol. The number of halogens is 1. The van der Waals surface area contributed by atoms with Crippen molar-refractivity contribution in [3.05, 3.63) is 40.8 Å². The van der Waals surface area contributed by atoms with Crippen LogP contribution in [0.2, 0.25) is 5.02 Å². The van der Waals surface area contributed by atoms with Crippen molar-refractivity contribution in [1.29, 1.82) is 0 Å². The van der Waals surface area contributed by atoms with Gasteiger partial charge in [-0.15, -0.1) is 0 Å². The summed E-state index contributed by atoms with van der Waals surface area (Å²) < 4.78 is 1.82. The van der Waals surface area contributed by atoms with E-state index in [4.69, 9.17) is 11.6 Å². The molecule has 2 rings (SSSR count). The first-order valence-electron chi connectivity index (χ1n) is 5.44. The number of rotatable bonds is 3. The average Bonchev–Trinajstić information content (AvgIpc) is 2.61. The quantitative estimate of drug-likeness (QED) is 0.911. The Kier molecular flexibility index (Phi) is 3.33. The van der Waals surface area contributed by atoms with Gasteiger partial charge in [0.1, 0.15) is 5.82 Å². The van der Waals surface area contributed by atoms with Crippen molar-refractivity contribution < 1.29 is 0 Å². The number of hydrogen-bond acceptors (Lipinski definition) is 3. The van der Waals surface area contributed by atoms with E-state index in [-0.39, 0.29) is 6.04 Å². The molecule has 17 heavy (non-hydrogen) atoms. The fraction of sp³-hybridized carbons (Fsp3) is 0.333. The van der Waals surface area contributed by atoms with E-state index in [9.17, 15) is 0 Å². The Morgan fingerprint density at radius 3 is 2.71 bits per heavy atom. The van der Waals surface area contributed by atoms with Crippen molar-refractivity contribution >= 4 is 17.4 Å². The van der Waals surface area contributed by atoms with Crippen molar-refractivity contribution in [1.82, 2.24) is 14.8 Å². The van der Waals surface area contributed by atoms with Crippen LogP contribution in [0.4, 0.5) is 5.82 Å². The van der Waals surface area contributed by atoms with E-state index >= 15 is 0 Å². The summed E-state index contributed by atoms with van der Waals surface area (Å²) in [6.07, 6.45) is 3.65. The smallest absolute Gasteiger partial charge is 0.126 e. The molecule has 90 valence electrons. The highest BCUT2D eigenvalue weighted by Crippen LogP contribution is 2.20.